The van der Waals surface area contributed by atoms with E-state index in [0.29, 0.717) is 37.1 Å². The Balaban J connectivity index is 1.56. The molecule has 8 nitrogen and oxygen atoms in total. The number of rotatable bonds is 7. The smallest absolute Gasteiger partial charge is 0.309 e. The Morgan fingerprint density at radius 2 is 1.93 bits per heavy atom. The van der Waals surface area contributed by atoms with Crippen LogP contribution < -0.4 is 10.6 Å². The van der Waals surface area contributed by atoms with Crippen LogP contribution in [0.15, 0.2) is 45.9 Å². The molecule has 0 bridgehead atoms. The average molecular weight is 434 g/mol. The first-order valence-corrected chi connectivity index (χ1v) is 11.4. The van der Waals surface area contributed by atoms with Crippen molar-refractivity contribution >= 4 is 21.8 Å². The molecular weight excluding hydrogens is 406 g/mol. The molecule has 0 aliphatic carbocycles. The molecule has 0 unspecified atom stereocenters. The van der Waals surface area contributed by atoms with Gasteiger partial charge in [-0.15, -0.1) is 0 Å². The lowest BCUT2D eigenvalue weighted by molar-refractivity contribution is -0.139. The summed E-state index contributed by atoms with van der Waals surface area (Å²) < 4.78 is 33.0. The Labute approximate surface area is 176 Å². The summed E-state index contributed by atoms with van der Waals surface area (Å²) in [4.78, 5) is 24.4. The molecule has 9 heteroatoms. The molecule has 1 aromatic heterocycles. The molecule has 1 atom stereocenters. The number of carbonyl (C=O) groups excluding carboxylic acids is 2. The maximum absolute atomic E-state index is 13.2. The van der Waals surface area contributed by atoms with Gasteiger partial charge in [0, 0.05) is 32.1 Å². The molecule has 2 N–H and O–H groups in total. The lowest BCUT2D eigenvalue weighted by Gasteiger charge is -2.25. The normalized spacial score (nSPS) is 17.1. The van der Waals surface area contributed by atoms with Crippen molar-refractivity contribution in [3.8, 4) is 0 Å². The van der Waals surface area contributed by atoms with E-state index >= 15 is 0 Å². The average Bonchev–Trinajstić information content (AvgIpc) is 3.39. The zero-order valence-corrected chi connectivity index (χ0v) is 18.0. The van der Waals surface area contributed by atoms with Crippen LogP contribution in [0.25, 0.3) is 0 Å². The summed E-state index contributed by atoms with van der Waals surface area (Å²) in [6.45, 7) is 4.38. The van der Waals surface area contributed by atoms with Crippen molar-refractivity contribution in [1.29, 1.82) is 0 Å². The molecule has 1 aliphatic rings. The predicted octanol–water partition coefficient (Wildman–Crippen LogP) is 1.52. The number of aryl methyl sites for hydroxylation is 2. The summed E-state index contributed by atoms with van der Waals surface area (Å²) in [6.07, 6.45) is 3.37. The van der Waals surface area contributed by atoms with E-state index in [0.717, 1.165) is 5.56 Å². The monoisotopic (exact) mass is 433 g/mol. The summed E-state index contributed by atoms with van der Waals surface area (Å²) in [7, 11) is -3.68. The fourth-order valence-electron chi connectivity index (χ4n) is 3.57. The second-order valence-corrected chi connectivity index (χ2v) is 9.34. The van der Waals surface area contributed by atoms with Gasteiger partial charge in [-0.2, -0.15) is 4.31 Å². The molecule has 1 aliphatic heterocycles. The van der Waals surface area contributed by atoms with Crippen molar-refractivity contribution in [2.24, 2.45) is 0 Å². The Hall–Kier alpha value is -2.65. The van der Waals surface area contributed by atoms with Gasteiger partial charge in [0.05, 0.1) is 11.2 Å². The topological polar surface area (TPSA) is 109 Å². The molecule has 2 heterocycles. The molecule has 1 saturated heterocycles. The summed E-state index contributed by atoms with van der Waals surface area (Å²) in [6, 6.07) is 8.50. The quantitative estimate of drug-likeness (QED) is 0.644. The maximum atomic E-state index is 13.2. The summed E-state index contributed by atoms with van der Waals surface area (Å²) in [5.41, 5.74) is 1.56. The van der Waals surface area contributed by atoms with E-state index in [1.54, 1.807) is 37.5 Å². The van der Waals surface area contributed by atoms with Crippen LogP contribution in [0.1, 0.15) is 29.7 Å². The van der Waals surface area contributed by atoms with Gasteiger partial charge in [0.1, 0.15) is 5.76 Å². The predicted molar refractivity (Wildman–Crippen MR) is 111 cm³/mol. The van der Waals surface area contributed by atoms with Crippen molar-refractivity contribution in [2.45, 2.75) is 44.0 Å². The highest BCUT2D eigenvalue weighted by atomic mass is 32.2. The van der Waals surface area contributed by atoms with Gasteiger partial charge in [0.2, 0.25) is 10.0 Å². The molecule has 0 radical (unpaired) electrons. The molecule has 162 valence electrons. The number of amides is 2. The molecule has 2 aromatic rings. The Morgan fingerprint density at radius 1 is 1.17 bits per heavy atom. The first kappa shape index (κ1) is 22.0. The Bertz CT molecular complexity index is 1000. The van der Waals surface area contributed by atoms with Gasteiger partial charge in [-0.1, -0.05) is 12.1 Å². The zero-order valence-electron chi connectivity index (χ0n) is 17.2. The van der Waals surface area contributed by atoms with Crippen LogP contribution in [0.5, 0.6) is 0 Å². The second kappa shape index (κ2) is 9.44. The Kier molecular flexibility index (Phi) is 6.94. The first-order chi connectivity index (χ1) is 14.3. The van der Waals surface area contributed by atoms with Crippen LogP contribution >= 0.6 is 0 Å². The summed E-state index contributed by atoms with van der Waals surface area (Å²) >= 11 is 0. The number of carbonyl (C=O) groups is 2. The van der Waals surface area contributed by atoms with Crippen LogP contribution in [0.2, 0.25) is 0 Å². The molecule has 3 rings (SSSR count). The van der Waals surface area contributed by atoms with E-state index < -0.39 is 21.8 Å². The maximum Gasteiger partial charge on any atom is 0.309 e. The number of furan rings is 1. The van der Waals surface area contributed by atoms with Crippen LogP contribution in [0.4, 0.5) is 0 Å². The van der Waals surface area contributed by atoms with Gasteiger partial charge in [0.15, 0.2) is 0 Å². The van der Waals surface area contributed by atoms with Crippen LogP contribution in [-0.4, -0.2) is 50.2 Å². The van der Waals surface area contributed by atoms with E-state index in [4.69, 9.17) is 4.42 Å². The van der Waals surface area contributed by atoms with Gasteiger partial charge in [-0.3, -0.25) is 9.59 Å². The number of benzene rings is 1. The molecule has 0 spiro atoms. The van der Waals surface area contributed by atoms with Gasteiger partial charge in [-0.25, -0.2) is 8.42 Å². The largest absolute Gasteiger partial charge is 0.469 e. The molecule has 2 amide bonds. The second-order valence-electron chi connectivity index (χ2n) is 7.48. The fraction of sp³-hybridized carbons (Fsp3) is 0.429. The number of nitrogens with zero attached hydrogens (tertiary/aromatic N) is 1. The highest BCUT2D eigenvalue weighted by molar-refractivity contribution is 7.89. The highest BCUT2D eigenvalue weighted by Gasteiger charge is 2.36. The lowest BCUT2D eigenvalue weighted by atomic mass is 10.2. The standard InChI is InChI=1S/C21H27N3O5S/c1-15-7-8-16(2)19(13-15)30(27,28)24-11-3-5-17(24)14-23-21(26)20(25)22-10-9-18-6-4-12-29-18/h4,6-8,12-13,17H,3,5,9-11,14H2,1-2H3,(H,22,25)(H,23,26)/t17-/m0/s1. The van der Waals surface area contributed by atoms with Crippen molar-refractivity contribution in [3.63, 3.8) is 0 Å². The first-order valence-electron chi connectivity index (χ1n) is 9.96. The van der Waals surface area contributed by atoms with Crippen molar-refractivity contribution < 1.29 is 22.4 Å². The van der Waals surface area contributed by atoms with E-state index in [1.165, 1.54) is 4.31 Å². The van der Waals surface area contributed by atoms with E-state index in [1.807, 2.05) is 13.0 Å². The van der Waals surface area contributed by atoms with Crippen molar-refractivity contribution in [3.05, 3.63) is 53.5 Å². The molecule has 1 aromatic carbocycles. The number of hydrogen-bond donors (Lipinski definition) is 2. The van der Waals surface area contributed by atoms with Crippen molar-refractivity contribution in [2.75, 3.05) is 19.6 Å². The van der Waals surface area contributed by atoms with Gasteiger partial charge in [0.25, 0.3) is 0 Å². The number of sulfonamides is 1. The third-order valence-corrected chi connectivity index (χ3v) is 7.29. The zero-order chi connectivity index (χ0) is 21.7. The van der Waals surface area contributed by atoms with Gasteiger partial charge in [-0.05, 0) is 56.0 Å². The molecule has 30 heavy (non-hydrogen) atoms. The third kappa shape index (κ3) is 5.09. The summed E-state index contributed by atoms with van der Waals surface area (Å²) in [5, 5.41) is 5.10. The summed E-state index contributed by atoms with van der Waals surface area (Å²) in [5.74, 6) is -0.803. The molecule has 1 fully saturated rings. The minimum atomic E-state index is -3.68. The minimum Gasteiger partial charge on any atom is -0.469 e. The highest BCUT2D eigenvalue weighted by Crippen LogP contribution is 2.28. The number of nitrogens with one attached hydrogen (secondary N) is 2. The van der Waals surface area contributed by atoms with Crippen LogP contribution in [0, 0.1) is 13.8 Å². The Morgan fingerprint density at radius 3 is 2.67 bits per heavy atom. The number of hydrogen-bond acceptors (Lipinski definition) is 5. The molecular formula is C21H27N3O5S. The fourth-order valence-corrected chi connectivity index (χ4v) is 5.57. The van der Waals surface area contributed by atoms with E-state index in [2.05, 4.69) is 10.6 Å². The van der Waals surface area contributed by atoms with Crippen LogP contribution in [-0.2, 0) is 26.0 Å². The van der Waals surface area contributed by atoms with Crippen LogP contribution in [0.3, 0.4) is 0 Å². The third-order valence-electron chi connectivity index (χ3n) is 5.19. The van der Waals surface area contributed by atoms with Gasteiger partial charge < -0.3 is 15.1 Å². The lowest BCUT2D eigenvalue weighted by Crippen LogP contribution is -2.47. The SMILES string of the molecule is Cc1ccc(C)c(S(=O)(=O)N2CCC[C@H]2CNC(=O)C(=O)NCCc2ccco2)c1. The minimum absolute atomic E-state index is 0.0918. The van der Waals surface area contributed by atoms with E-state index in [-0.39, 0.29) is 24.0 Å². The van der Waals surface area contributed by atoms with Gasteiger partial charge >= 0.3 is 11.8 Å². The molecule has 0 saturated carbocycles. The van der Waals surface area contributed by atoms with E-state index in [9.17, 15) is 18.0 Å². The van der Waals surface area contributed by atoms with Crippen molar-refractivity contribution in [1.82, 2.24) is 14.9 Å².